The smallest absolute Gasteiger partial charge is 0.239 e. The highest BCUT2D eigenvalue weighted by Crippen LogP contribution is 2.27. The largest absolute Gasteiger partial charge is 0.497 e. The van der Waals surface area contributed by atoms with E-state index in [9.17, 15) is 12.8 Å². The number of halogens is 1. The molecule has 0 aliphatic carbocycles. The van der Waals surface area contributed by atoms with Crippen LogP contribution in [-0.2, 0) is 22.3 Å². The van der Waals surface area contributed by atoms with Gasteiger partial charge in [0, 0.05) is 18.5 Å². The molecule has 7 heteroatoms. The molecule has 0 bridgehead atoms. The minimum atomic E-state index is -3.74. The van der Waals surface area contributed by atoms with Gasteiger partial charge in [-0.2, -0.15) is 0 Å². The number of rotatable bonds is 7. The molecule has 0 spiro atoms. The number of ether oxygens (including phenoxy) is 1. The fourth-order valence-electron chi connectivity index (χ4n) is 2.64. The fraction of sp³-hybridized carbons (Fsp3) is 0.150. The Bertz CT molecular complexity index is 993. The van der Waals surface area contributed by atoms with Crippen molar-refractivity contribution in [3.8, 4) is 5.75 Å². The van der Waals surface area contributed by atoms with Crippen molar-refractivity contribution in [2.75, 3.05) is 11.4 Å². The van der Waals surface area contributed by atoms with Crippen LogP contribution in [0.4, 0.5) is 10.1 Å². The summed E-state index contributed by atoms with van der Waals surface area (Å²) in [4.78, 5) is 4.05. The second-order valence-electron chi connectivity index (χ2n) is 5.95. The van der Waals surface area contributed by atoms with Gasteiger partial charge in [-0.25, -0.2) is 12.8 Å². The Morgan fingerprint density at radius 1 is 1.04 bits per heavy atom. The molecule has 0 amide bonds. The Kier molecular flexibility index (Phi) is 5.71. The zero-order valence-electron chi connectivity index (χ0n) is 14.7. The first-order valence-corrected chi connectivity index (χ1v) is 9.87. The maximum absolute atomic E-state index is 13.2. The van der Waals surface area contributed by atoms with Gasteiger partial charge in [0.25, 0.3) is 0 Å². The molecule has 0 unspecified atom stereocenters. The average molecular weight is 386 g/mol. The van der Waals surface area contributed by atoms with Gasteiger partial charge < -0.3 is 4.74 Å². The standard InChI is InChI=1S/C20H19FN2O3S/c1-26-20-6-2-5-19(12-20)23(14-17-4-3-11-22-13-17)27(24,25)15-16-7-9-18(21)10-8-16/h2-13H,14-15H2,1H3. The maximum atomic E-state index is 13.2. The molecule has 0 fully saturated rings. The van der Waals surface area contributed by atoms with Gasteiger partial charge in [0.1, 0.15) is 11.6 Å². The van der Waals surface area contributed by atoms with Crippen molar-refractivity contribution in [1.82, 2.24) is 4.98 Å². The van der Waals surface area contributed by atoms with Gasteiger partial charge in [-0.1, -0.05) is 24.3 Å². The second kappa shape index (κ2) is 8.18. The topological polar surface area (TPSA) is 59.5 Å². The summed E-state index contributed by atoms with van der Waals surface area (Å²) < 4.78 is 46.0. The third kappa shape index (κ3) is 4.83. The first-order chi connectivity index (χ1) is 13.0. The van der Waals surface area contributed by atoms with Gasteiger partial charge in [-0.3, -0.25) is 9.29 Å². The molecule has 0 aliphatic heterocycles. The maximum Gasteiger partial charge on any atom is 0.239 e. The summed E-state index contributed by atoms with van der Waals surface area (Å²) in [6.45, 7) is 0.129. The molecular formula is C20H19FN2O3S. The van der Waals surface area contributed by atoms with Crippen molar-refractivity contribution in [3.05, 3.63) is 90.0 Å². The average Bonchev–Trinajstić information content (AvgIpc) is 2.68. The van der Waals surface area contributed by atoms with Crippen molar-refractivity contribution in [1.29, 1.82) is 0 Å². The molecule has 27 heavy (non-hydrogen) atoms. The molecule has 1 heterocycles. The van der Waals surface area contributed by atoms with E-state index in [1.54, 1.807) is 42.7 Å². The summed E-state index contributed by atoms with van der Waals surface area (Å²) >= 11 is 0. The molecule has 140 valence electrons. The van der Waals surface area contributed by atoms with Crippen LogP contribution in [0.25, 0.3) is 0 Å². The molecular weight excluding hydrogens is 367 g/mol. The van der Waals surface area contributed by atoms with Crippen LogP contribution in [0.2, 0.25) is 0 Å². The van der Waals surface area contributed by atoms with Crippen LogP contribution in [0.1, 0.15) is 11.1 Å². The van der Waals surface area contributed by atoms with Gasteiger partial charge in [-0.15, -0.1) is 0 Å². The lowest BCUT2D eigenvalue weighted by atomic mass is 10.2. The Morgan fingerprint density at radius 2 is 1.81 bits per heavy atom. The predicted molar refractivity (Wildman–Crippen MR) is 102 cm³/mol. The highest BCUT2D eigenvalue weighted by molar-refractivity contribution is 7.92. The van der Waals surface area contributed by atoms with Crippen LogP contribution in [-0.4, -0.2) is 20.5 Å². The van der Waals surface area contributed by atoms with Crippen molar-refractivity contribution < 1.29 is 17.5 Å². The van der Waals surface area contributed by atoms with Crippen LogP contribution in [0.5, 0.6) is 5.75 Å². The quantitative estimate of drug-likeness (QED) is 0.620. The van der Waals surface area contributed by atoms with Gasteiger partial charge in [0.15, 0.2) is 0 Å². The van der Waals surface area contributed by atoms with Crippen LogP contribution in [0, 0.1) is 5.82 Å². The van der Waals surface area contributed by atoms with E-state index >= 15 is 0 Å². The number of hydrogen-bond donors (Lipinski definition) is 0. The first-order valence-electron chi connectivity index (χ1n) is 8.26. The van der Waals surface area contributed by atoms with E-state index in [4.69, 9.17) is 4.74 Å². The van der Waals surface area contributed by atoms with Crippen molar-refractivity contribution >= 4 is 15.7 Å². The van der Waals surface area contributed by atoms with Crippen LogP contribution < -0.4 is 9.04 Å². The van der Waals surface area contributed by atoms with Crippen molar-refractivity contribution in [2.45, 2.75) is 12.3 Å². The summed E-state index contributed by atoms with van der Waals surface area (Å²) in [5.41, 5.74) is 1.75. The molecule has 0 N–H and O–H groups in total. The molecule has 0 atom stereocenters. The van der Waals surface area contributed by atoms with Crippen molar-refractivity contribution in [3.63, 3.8) is 0 Å². The van der Waals surface area contributed by atoms with Gasteiger partial charge in [0.05, 0.1) is 25.1 Å². The molecule has 3 aromatic rings. The number of pyridine rings is 1. The van der Waals surface area contributed by atoms with E-state index in [1.165, 1.54) is 35.7 Å². The van der Waals surface area contributed by atoms with Crippen LogP contribution in [0.3, 0.4) is 0 Å². The van der Waals surface area contributed by atoms with E-state index in [-0.39, 0.29) is 12.3 Å². The summed E-state index contributed by atoms with van der Waals surface area (Å²) in [5.74, 6) is -0.0954. The van der Waals surface area contributed by atoms with E-state index < -0.39 is 15.8 Å². The van der Waals surface area contributed by atoms with Gasteiger partial charge >= 0.3 is 0 Å². The predicted octanol–water partition coefficient (Wildman–Crippen LogP) is 3.77. The molecule has 5 nitrogen and oxygen atoms in total. The lowest BCUT2D eigenvalue weighted by Crippen LogP contribution is -2.31. The molecule has 0 saturated carbocycles. The van der Waals surface area contributed by atoms with E-state index in [2.05, 4.69) is 4.98 Å². The fourth-order valence-corrected chi connectivity index (χ4v) is 4.19. The number of hydrogen-bond acceptors (Lipinski definition) is 4. The normalized spacial score (nSPS) is 11.2. The Labute approximate surface area is 158 Å². The summed E-state index contributed by atoms with van der Waals surface area (Å²) in [6, 6.07) is 15.9. The minimum absolute atomic E-state index is 0.129. The number of anilines is 1. The zero-order valence-corrected chi connectivity index (χ0v) is 15.6. The summed E-state index contributed by atoms with van der Waals surface area (Å²) in [6.07, 6.45) is 3.26. The molecule has 1 aromatic heterocycles. The highest BCUT2D eigenvalue weighted by atomic mass is 32.2. The monoisotopic (exact) mass is 386 g/mol. The molecule has 2 aromatic carbocycles. The molecule has 0 saturated heterocycles. The van der Waals surface area contributed by atoms with Gasteiger partial charge in [-0.05, 0) is 41.5 Å². The summed E-state index contributed by atoms with van der Waals surface area (Å²) in [5, 5.41) is 0. The van der Waals surface area contributed by atoms with Crippen LogP contribution >= 0.6 is 0 Å². The number of benzene rings is 2. The third-order valence-electron chi connectivity index (χ3n) is 3.99. The first kappa shape index (κ1) is 18.8. The summed E-state index contributed by atoms with van der Waals surface area (Å²) in [7, 11) is -2.21. The number of nitrogens with zero attached hydrogens (tertiary/aromatic N) is 2. The highest BCUT2D eigenvalue weighted by Gasteiger charge is 2.24. The van der Waals surface area contributed by atoms with E-state index in [0.29, 0.717) is 17.0 Å². The molecule has 0 aliphatic rings. The van der Waals surface area contributed by atoms with Crippen molar-refractivity contribution in [2.24, 2.45) is 0 Å². The lowest BCUT2D eigenvalue weighted by molar-refractivity contribution is 0.415. The van der Waals surface area contributed by atoms with Crippen LogP contribution in [0.15, 0.2) is 73.1 Å². The minimum Gasteiger partial charge on any atom is -0.497 e. The number of methoxy groups -OCH3 is 1. The zero-order chi connectivity index (χ0) is 19.3. The third-order valence-corrected chi connectivity index (χ3v) is 5.70. The lowest BCUT2D eigenvalue weighted by Gasteiger charge is -2.25. The Hall–Kier alpha value is -2.93. The number of sulfonamides is 1. The second-order valence-corrected chi connectivity index (χ2v) is 7.85. The van der Waals surface area contributed by atoms with E-state index in [1.807, 2.05) is 6.07 Å². The SMILES string of the molecule is COc1cccc(N(Cc2cccnc2)S(=O)(=O)Cc2ccc(F)cc2)c1. The molecule has 0 radical (unpaired) electrons. The van der Waals surface area contributed by atoms with Gasteiger partial charge in [0.2, 0.25) is 10.0 Å². The molecule has 3 rings (SSSR count). The number of aromatic nitrogens is 1. The Morgan fingerprint density at radius 3 is 2.48 bits per heavy atom. The van der Waals surface area contributed by atoms with E-state index in [0.717, 1.165) is 5.56 Å². The Balaban J connectivity index is 1.97.